The molecule has 2 N–H and O–H groups in total. The van der Waals surface area contributed by atoms with Gasteiger partial charge in [-0.25, -0.2) is 4.99 Å². The summed E-state index contributed by atoms with van der Waals surface area (Å²) < 4.78 is 8.27. The minimum Gasteiger partial charge on any atom is -0.451 e. The van der Waals surface area contributed by atoms with Gasteiger partial charge in [-0.1, -0.05) is 19.8 Å². The molecular formula is C9H15N3OS. The molecule has 1 unspecified atom stereocenters. The summed E-state index contributed by atoms with van der Waals surface area (Å²) in [5.41, 5.74) is 0.0640. The van der Waals surface area contributed by atoms with Gasteiger partial charge in [-0.15, -0.1) is 5.92 Å². The topological polar surface area (TPSA) is 45.6 Å². The van der Waals surface area contributed by atoms with Gasteiger partial charge in [-0.05, 0) is 18.5 Å². The summed E-state index contributed by atoms with van der Waals surface area (Å²) in [6.07, 6.45) is 0.859. The second-order valence-electron chi connectivity index (χ2n) is 2.56. The van der Waals surface area contributed by atoms with E-state index in [2.05, 4.69) is 26.9 Å². The molecule has 0 saturated carbocycles. The normalized spacial score (nSPS) is 19.3. The van der Waals surface area contributed by atoms with E-state index in [-0.39, 0.29) is 5.50 Å². The molecule has 0 amide bonds. The van der Waals surface area contributed by atoms with Gasteiger partial charge in [-0.2, -0.15) is 0 Å². The first-order valence-corrected chi connectivity index (χ1v) is 5.56. The van der Waals surface area contributed by atoms with Crippen molar-refractivity contribution in [3.05, 3.63) is 0 Å². The van der Waals surface area contributed by atoms with Crippen molar-refractivity contribution in [1.82, 2.24) is 10.0 Å². The second kappa shape index (κ2) is 6.57. The fourth-order valence-electron chi connectivity index (χ4n) is 0.875. The third kappa shape index (κ3) is 3.90. The molecule has 0 aromatic heterocycles. The van der Waals surface area contributed by atoms with Crippen LogP contribution in [0.2, 0.25) is 0 Å². The maximum atomic E-state index is 5.29. The standard InChI is InChI=1S/C9H15N3OS/c1-3-5-6-7-13-8-11-9(10-4-2)14-12-8/h9-10H,3-4,7H2,1-2H3,(H,11,12). The van der Waals surface area contributed by atoms with Crippen LogP contribution in [0.25, 0.3) is 0 Å². The summed E-state index contributed by atoms with van der Waals surface area (Å²) in [5.74, 6) is 5.81. The van der Waals surface area contributed by atoms with E-state index in [9.17, 15) is 0 Å². The molecule has 4 nitrogen and oxygen atoms in total. The molecule has 1 aliphatic rings. The van der Waals surface area contributed by atoms with Gasteiger partial charge in [0.15, 0.2) is 12.1 Å². The molecule has 1 atom stereocenters. The summed E-state index contributed by atoms with van der Waals surface area (Å²) in [4.78, 5) is 4.24. The minimum absolute atomic E-state index is 0.0640. The molecule has 78 valence electrons. The smallest absolute Gasteiger partial charge is 0.298 e. The first-order chi connectivity index (χ1) is 6.86. The average molecular weight is 213 g/mol. The molecule has 14 heavy (non-hydrogen) atoms. The fourth-order valence-corrected chi connectivity index (χ4v) is 1.60. The number of nitrogens with one attached hydrogen (secondary N) is 2. The number of rotatable bonds is 3. The summed E-state index contributed by atoms with van der Waals surface area (Å²) >= 11 is 1.50. The Bertz CT molecular complexity index is 257. The first kappa shape index (κ1) is 11.2. The van der Waals surface area contributed by atoms with Crippen molar-refractivity contribution in [3.8, 4) is 11.8 Å². The van der Waals surface area contributed by atoms with E-state index in [1.807, 2.05) is 13.8 Å². The number of amidine groups is 1. The van der Waals surface area contributed by atoms with E-state index in [1.54, 1.807) is 0 Å². The van der Waals surface area contributed by atoms with Gasteiger partial charge in [0, 0.05) is 6.42 Å². The predicted octanol–water partition coefficient (Wildman–Crippen LogP) is 0.917. The Hall–Kier alpha value is -0.860. The zero-order valence-corrected chi connectivity index (χ0v) is 9.28. The average Bonchev–Trinajstić information content (AvgIpc) is 2.61. The highest BCUT2D eigenvalue weighted by molar-refractivity contribution is 7.98. The van der Waals surface area contributed by atoms with Crippen molar-refractivity contribution in [3.63, 3.8) is 0 Å². The third-order valence-electron chi connectivity index (χ3n) is 1.45. The van der Waals surface area contributed by atoms with Gasteiger partial charge >= 0.3 is 0 Å². The van der Waals surface area contributed by atoms with Crippen molar-refractivity contribution >= 4 is 18.0 Å². The Kier molecular flexibility index (Phi) is 5.27. The summed E-state index contributed by atoms with van der Waals surface area (Å²) in [6.45, 7) is 5.35. The SMILES string of the molecule is CCC#CCOC1=NC(NCC)SN1. The number of hydrogen-bond acceptors (Lipinski definition) is 5. The van der Waals surface area contributed by atoms with E-state index < -0.39 is 0 Å². The monoisotopic (exact) mass is 213 g/mol. The molecule has 0 radical (unpaired) electrons. The molecule has 0 spiro atoms. The largest absolute Gasteiger partial charge is 0.451 e. The van der Waals surface area contributed by atoms with Gasteiger partial charge in [0.2, 0.25) is 0 Å². The zero-order valence-electron chi connectivity index (χ0n) is 8.46. The Morgan fingerprint density at radius 2 is 2.43 bits per heavy atom. The van der Waals surface area contributed by atoms with Crippen molar-refractivity contribution in [2.45, 2.75) is 25.8 Å². The van der Waals surface area contributed by atoms with E-state index in [4.69, 9.17) is 4.74 Å². The van der Waals surface area contributed by atoms with Crippen molar-refractivity contribution < 1.29 is 4.74 Å². The number of hydrogen-bond donors (Lipinski definition) is 2. The lowest BCUT2D eigenvalue weighted by Gasteiger charge is -2.02. The van der Waals surface area contributed by atoms with E-state index in [0.717, 1.165) is 13.0 Å². The lowest BCUT2D eigenvalue weighted by molar-refractivity contribution is 0.347. The number of ether oxygens (including phenoxy) is 1. The maximum Gasteiger partial charge on any atom is 0.298 e. The Morgan fingerprint density at radius 1 is 1.57 bits per heavy atom. The van der Waals surface area contributed by atoms with E-state index in [1.165, 1.54) is 11.9 Å². The van der Waals surface area contributed by atoms with Crippen LogP contribution in [0.5, 0.6) is 0 Å². The third-order valence-corrected chi connectivity index (χ3v) is 2.24. The fraction of sp³-hybridized carbons (Fsp3) is 0.667. The van der Waals surface area contributed by atoms with Crippen LogP contribution in [0.3, 0.4) is 0 Å². The highest BCUT2D eigenvalue weighted by Crippen LogP contribution is 2.12. The summed E-state index contributed by atoms with van der Waals surface area (Å²) in [6, 6.07) is 0.561. The Labute approximate surface area is 89.0 Å². The molecule has 1 aliphatic heterocycles. The first-order valence-electron chi connectivity index (χ1n) is 4.68. The molecule has 0 aliphatic carbocycles. The van der Waals surface area contributed by atoms with Crippen LogP contribution < -0.4 is 10.0 Å². The van der Waals surface area contributed by atoms with Crippen molar-refractivity contribution in [2.75, 3.05) is 13.2 Å². The quantitative estimate of drug-likeness (QED) is 0.540. The summed E-state index contributed by atoms with van der Waals surface area (Å²) in [7, 11) is 0. The van der Waals surface area contributed by atoms with Gasteiger partial charge < -0.3 is 4.74 Å². The molecule has 0 aromatic carbocycles. The van der Waals surface area contributed by atoms with Gasteiger partial charge in [0.1, 0.15) is 0 Å². The zero-order chi connectivity index (χ0) is 10.2. The molecule has 0 aromatic rings. The minimum atomic E-state index is 0.0640. The van der Waals surface area contributed by atoms with Crippen molar-refractivity contribution in [1.29, 1.82) is 0 Å². The van der Waals surface area contributed by atoms with Crippen LogP contribution in [0, 0.1) is 11.8 Å². The van der Waals surface area contributed by atoms with Crippen molar-refractivity contribution in [2.24, 2.45) is 4.99 Å². The molecular weight excluding hydrogens is 198 g/mol. The lowest BCUT2D eigenvalue weighted by Crippen LogP contribution is -2.22. The highest BCUT2D eigenvalue weighted by Gasteiger charge is 2.16. The van der Waals surface area contributed by atoms with Crippen LogP contribution >= 0.6 is 11.9 Å². The molecule has 5 heteroatoms. The number of aliphatic imine (C=N–C) groups is 1. The highest BCUT2D eigenvalue weighted by atomic mass is 32.2. The van der Waals surface area contributed by atoms with Crippen LogP contribution in [0.15, 0.2) is 4.99 Å². The molecule has 0 bridgehead atoms. The molecule has 1 rings (SSSR count). The second-order valence-corrected chi connectivity index (χ2v) is 3.45. The van der Waals surface area contributed by atoms with Gasteiger partial charge in [-0.3, -0.25) is 10.0 Å². The van der Waals surface area contributed by atoms with Crippen LogP contribution in [0.1, 0.15) is 20.3 Å². The lowest BCUT2D eigenvalue weighted by atomic mass is 10.5. The molecule has 0 saturated heterocycles. The number of nitrogens with zero attached hydrogens (tertiary/aromatic N) is 1. The van der Waals surface area contributed by atoms with Crippen LogP contribution in [-0.4, -0.2) is 24.7 Å². The van der Waals surface area contributed by atoms with E-state index in [0.29, 0.717) is 12.6 Å². The molecule has 1 heterocycles. The maximum absolute atomic E-state index is 5.29. The Balaban J connectivity index is 2.22. The van der Waals surface area contributed by atoms with Gasteiger partial charge in [0.05, 0.1) is 0 Å². The van der Waals surface area contributed by atoms with Crippen LogP contribution in [-0.2, 0) is 4.74 Å². The summed E-state index contributed by atoms with van der Waals surface area (Å²) in [5, 5.41) is 3.17. The van der Waals surface area contributed by atoms with E-state index >= 15 is 0 Å². The predicted molar refractivity (Wildman–Crippen MR) is 59.6 cm³/mol. The van der Waals surface area contributed by atoms with Crippen LogP contribution in [0.4, 0.5) is 0 Å². The molecule has 0 fully saturated rings. The Morgan fingerprint density at radius 3 is 3.14 bits per heavy atom. The van der Waals surface area contributed by atoms with Gasteiger partial charge in [0.25, 0.3) is 6.02 Å².